The first-order chi connectivity index (χ1) is 10.2. The molecule has 0 aromatic carbocycles. The molecular weight excluding hydrogens is 262 g/mol. The first-order valence-electron chi connectivity index (χ1n) is 8.08. The van der Waals surface area contributed by atoms with Crippen LogP contribution >= 0.6 is 0 Å². The normalized spacial score (nSPS) is 23.9. The standard InChI is InChI=1S/C17H25N3O/c1-19-9-3-4-14(11-19)6-7-17(21)20-12-16(13-20)15-5-2-8-18-10-15/h2,5,8,10,14,16H,3-4,6-7,9,11-13H2,1H3/t14-/m1/s1. The van der Waals surface area contributed by atoms with Crippen LogP contribution in [-0.4, -0.2) is 53.9 Å². The van der Waals surface area contributed by atoms with Gasteiger partial charge >= 0.3 is 0 Å². The van der Waals surface area contributed by atoms with Crippen LogP contribution in [0.2, 0.25) is 0 Å². The van der Waals surface area contributed by atoms with Crippen LogP contribution in [0.5, 0.6) is 0 Å². The summed E-state index contributed by atoms with van der Waals surface area (Å²) in [6.07, 6.45) is 8.06. The zero-order valence-corrected chi connectivity index (χ0v) is 12.9. The molecule has 0 spiro atoms. The molecule has 0 bridgehead atoms. The number of nitrogens with zero attached hydrogens (tertiary/aromatic N) is 3. The van der Waals surface area contributed by atoms with E-state index in [-0.39, 0.29) is 0 Å². The van der Waals surface area contributed by atoms with Gasteiger partial charge in [0.1, 0.15) is 0 Å². The van der Waals surface area contributed by atoms with E-state index in [1.807, 2.05) is 17.2 Å². The van der Waals surface area contributed by atoms with Crippen molar-refractivity contribution in [3.63, 3.8) is 0 Å². The van der Waals surface area contributed by atoms with Gasteiger partial charge in [0.25, 0.3) is 0 Å². The van der Waals surface area contributed by atoms with Gasteiger partial charge in [0, 0.05) is 44.4 Å². The molecular formula is C17H25N3O. The first kappa shape index (κ1) is 14.5. The minimum Gasteiger partial charge on any atom is -0.341 e. The third-order valence-electron chi connectivity index (χ3n) is 4.88. The van der Waals surface area contributed by atoms with Crippen molar-refractivity contribution in [3.05, 3.63) is 30.1 Å². The van der Waals surface area contributed by atoms with Crippen LogP contribution in [0.4, 0.5) is 0 Å². The monoisotopic (exact) mass is 287 g/mol. The second kappa shape index (κ2) is 6.56. The Bertz CT molecular complexity index is 470. The summed E-state index contributed by atoms with van der Waals surface area (Å²) in [6, 6.07) is 4.08. The topological polar surface area (TPSA) is 36.4 Å². The molecule has 4 nitrogen and oxygen atoms in total. The summed E-state index contributed by atoms with van der Waals surface area (Å²) in [5.74, 6) is 1.54. The van der Waals surface area contributed by atoms with Crippen LogP contribution in [0.25, 0.3) is 0 Å². The number of hydrogen-bond acceptors (Lipinski definition) is 3. The van der Waals surface area contributed by atoms with E-state index >= 15 is 0 Å². The molecule has 0 aliphatic carbocycles. The molecule has 0 saturated carbocycles. The third-order valence-corrected chi connectivity index (χ3v) is 4.88. The molecule has 114 valence electrons. The molecule has 2 aliphatic heterocycles. The summed E-state index contributed by atoms with van der Waals surface area (Å²) in [4.78, 5) is 20.8. The van der Waals surface area contributed by atoms with E-state index in [0.717, 1.165) is 32.5 Å². The summed E-state index contributed by atoms with van der Waals surface area (Å²) in [6.45, 7) is 4.11. The molecule has 1 amide bonds. The lowest BCUT2D eigenvalue weighted by atomic mass is 9.90. The maximum absolute atomic E-state index is 12.2. The lowest BCUT2D eigenvalue weighted by Gasteiger charge is -2.40. The molecule has 1 atom stereocenters. The van der Waals surface area contributed by atoms with Crippen LogP contribution in [0.15, 0.2) is 24.5 Å². The Labute approximate surface area is 127 Å². The van der Waals surface area contributed by atoms with Gasteiger partial charge in [-0.1, -0.05) is 6.07 Å². The Morgan fingerprint density at radius 3 is 2.95 bits per heavy atom. The number of pyridine rings is 1. The summed E-state index contributed by atoms with van der Waals surface area (Å²) in [7, 11) is 2.18. The summed E-state index contributed by atoms with van der Waals surface area (Å²) in [5.41, 5.74) is 1.26. The Balaban J connectivity index is 1.39. The Morgan fingerprint density at radius 2 is 2.24 bits per heavy atom. The van der Waals surface area contributed by atoms with E-state index in [1.165, 1.54) is 24.9 Å². The molecule has 2 saturated heterocycles. The molecule has 0 radical (unpaired) electrons. The van der Waals surface area contributed by atoms with E-state index in [9.17, 15) is 4.79 Å². The van der Waals surface area contributed by atoms with E-state index in [2.05, 4.69) is 23.0 Å². The zero-order valence-electron chi connectivity index (χ0n) is 12.9. The van der Waals surface area contributed by atoms with Gasteiger partial charge in [0.2, 0.25) is 5.91 Å². The first-order valence-corrected chi connectivity index (χ1v) is 8.08. The predicted molar refractivity (Wildman–Crippen MR) is 83.0 cm³/mol. The molecule has 1 aromatic heterocycles. The molecule has 2 aliphatic rings. The molecule has 4 heteroatoms. The van der Waals surface area contributed by atoms with Gasteiger partial charge in [-0.05, 0) is 50.4 Å². The molecule has 0 unspecified atom stereocenters. The van der Waals surface area contributed by atoms with Crippen molar-refractivity contribution in [1.29, 1.82) is 0 Å². The number of rotatable bonds is 4. The molecule has 21 heavy (non-hydrogen) atoms. The van der Waals surface area contributed by atoms with Crippen LogP contribution in [0.3, 0.4) is 0 Å². The maximum atomic E-state index is 12.2. The van der Waals surface area contributed by atoms with Crippen molar-refractivity contribution < 1.29 is 4.79 Å². The van der Waals surface area contributed by atoms with Gasteiger partial charge in [-0.15, -0.1) is 0 Å². The van der Waals surface area contributed by atoms with E-state index in [1.54, 1.807) is 6.20 Å². The molecule has 0 N–H and O–H groups in total. The highest BCUT2D eigenvalue weighted by molar-refractivity contribution is 5.77. The molecule has 3 heterocycles. The van der Waals surface area contributed by atoms with E-state index < -0.39 is 0 Å². The number of likely N-dealkylation sites (tertiary alicyclic amines) is 2. The smallest absolute Gasteiger partial charge is 0.222 e. The van der Waals surface area contributed by atoms with E-state index in [4.69, 9.17) is 0 Å². The third kappa shape index (κ3) is 3.62. The summed E-state index contributed by atoms with van der Waals surface area (Å²) < 4.78 is 0. The van der Waals surface area contributed by atoms with Gasteiger partial charge < -0.3 is 9.80 Å². The largest absolute Gasteiger partial charge is 0.341 e. The SMILES string of the molecule is CN1CCC[C@H](CCC(=O)N2CC(c3cccnc3)C2)C1. The second-order valence-corrected chi connectivity index (χ2v) is 6.59. The number of piperidine rings is 1. The van der Waals surface area contributed by atoms with Crippen LogP contribution in [0.1, 0.15) is 37.2 Å². The minimum atomic E-state index is 0.336. The van der Waals surface area contributed by atoms with Gasteiger partial charge in [-0.3, -0.25) is 9.78 Å². The Morgan fingerprint density at radius 1 is 1.38 bits per heavy atom. The van der Waals surface area contributed by atoms with Gasteiger partial charge in [0.15, 0.2) is 0 Å². The zero-order chi connectivity index (χ0) is 14.7. The van der Waals surface area contributed by atoms with Crippen molar-refractivity contribution in [2.45, 2.75) is 31.6 Å². The fraction of sp³-hybridized carbons (Fsp3) is 0.647. The lowest BCUT2D eigenvalue weighted by Crippen LogP contribution is -2.48. The lowest BCUT2D eigenvalue weighted by molar-refractivity contribution is -0.136. The Hall–Kier alpha value is -1.42. The fourth-order valence-corrected chi connectivity index (χ4v) is 3.51. The molecule has 1 aromatic rings. The summed E-state index contributed by atoms with van der Waals surface area (Å²) >= 11 is 0. The molecule has 3 rings (SSSR count). The maximum Gasteiger partial charge on any atom is 0.222 e. The van der Waals surface area contributed by atoms with Crippen molar-refractivity contribution in [2.24, 2.45) is 5.92 Å². The van der Waals surface area contributed by atoms with Gasteiger partial charge in [-0.25, -0.2) is 0 Å². The molecule has 2 fully saturated rings. The van der Waals surface area contributed by atoms with Gasteiger partial charge in [-0.2, -0.15) is 0 Å². The van der Waals surface area contributed by atoms with Gasteiger partial charge in [0.05, 0.1) is 0 Å². The highest BCUT2D eigenvalue weighted by Gasteiger charge is 2.31. The van der Waals surface area contributed by atoms with Crippen LogP contribution < -0.4 is 0 Å². The predicted octanol–water partition coefficient (Wildman–Crippen LogP) is 2.13. The highest BCUT2D eigenvalue weighted by atomic mass is 16.2. The average molecular weight is 287 g/mol. The van der Waals surface area contributed by atoms with Crippen molar-refractivity contribution in [1.82, 2.24) is 14.8 Å². The number of amides is 1. The number of hydrogen-bond donors (Lipinski definition) is 0. The van der Waals surface area contributed by atoms with Crippen LogP contribution in [-0.2, 0) is 4.79 Å². The number of carbonyl (C=O) groups excluding carboxylic acids is 1. The Kier molecular flexibility index (Phi) is 4.54. The average Bonchev–Trinajstić information content (AvgIpc) is 2.45. The highest BCUT2D eigenvalue weighted by Crippen LogP contribution is 2.28. The van der Waals surface area contributed by atoms with Crippen molar-refractivity contribution in [2.75, 3.05) is 33.2 Å². The number of aromatic nitrogens is 1. The second-order valence-electron chi connectivity index (χ2n) is 6.59. The van der Waals surface area contributed by atoms with Crippen molar-refractivity contribution in [3.8, 4) is 0 Å². The number of carbonyl (C=O) groups is 1. The quantitative estimate of drug-likeness (QED) is 0.851. The van der Waals surface area contributed by atoms with Crippen molar-refractivity contribution >= 4 is 5.91 Å². The fourth-order valence-electron chi connectivity index (χ4n) is 3.51. The minimum absolute atomic E-state index is 0.336. The summed E-state index contributed by atoms with van der Waals surface area (Å²) in [5, 5.41) is 0. The van der Waals surface area contributed by atoms with E-state index in [0.29, 0.717) is 17.7 Å². The van der Waals surface area contributed by atoms with Crippen LogP contribution in [0, 0.1) is 5.92 Å².